The van der Waals surface area contributed by atoms with Gasteiger partial charge in [0.25, 0.3) is 0 Å². The number of aliphatic hydroxyl groups is 1. The van der Waals surface area contributed by atoms with Gasteiger partial charge in [0.15, 0.2) is 0 Å². The smallest absolute Gasteiger partial charge is 0.113 e. The lowest BCUT2D eigenvalue weighted by Crippen LogP contribution is -2.18. The second-order valence-corrected chi connectivity index (χ2v) is 3.34. The normalized spacial score (nSPS) is 41.4. The van der Waals surface area contributed by atoms with Gasteiger partial charge in [0.1, 0.15) is 6.10 Å². The molecular weight excluding hydrogens is 128 g/mol. The first-order valence-corrected chi connectivity index (χ1v) is 3.96. The molecule has 0 aromatic rings. The quantitative estimate of drug-likeness (QED) is 0.606. The molecule has 0 spiro atoms. The highest BCUT2D eigenvalue weighted by molar-refractivity contribution is 5.01. The van der Waals surface area contributed by atoms with E-state index in [9.17, 15) is 0 Å². The fraction of sp³-hybridized carbons (Fsp3) is 1.00. The Balaban J connectivity index is 2.33. The van der Waals surface area contributed by atoms with Crippen molar-refractivity contribution in [3.8, 4) is 0 Å². The maximum Gasteiger partial charge on any atom is 0.113 e. The predicted molar refractivity (Wildman–Crippen MR) is 39.9 cm³/mol. The molecule has 0 amide bonds. The van der Waals surface area contributed by atoms with E-state index in [1.807, 2.05) is 0 Å². The van der Waals surface area contributed by atoms with Gasteiger partial charge in [-0.05, 0) is 20.3 Å². The molecule has 1 aliphatic rings. The van der Waals surface area contributed by atoms with Crippen LogP contribution in [-0.2, 0) is 4.74 Å². The third-order valence-electron chi connectivity index (χ3n) is 2.13. The second-order valence-electron chi connectivity index (χ2n) is 3.34. The molecule has 0 saturated carbocycles. The minimum absolute atomic E-state index is 0.0110. The van der Waals surface area contributed by atoms with Crippen molar-refractivity contribution in [1.82, 2.24) is 0 Å². The minimum atomic E-state index is -0.309. The summed E-state index contributed by atoms with van der Waals surface area (Å²) in [4.78, 5) is 0. The zero-order valence-corrected chi connectivity index (χ0v) is 6.92. The Labute approximate surface area is 62.2 Å². The van der Waals surface area contributed by atoms with E-state index in [0.29, 0.717) is 0 Å². The average molecular weight is 144 g/mol. The number of ether oxygens (including phenoxy) is 1. The Hall–Kier alpha value is -0.0800. The summed E-state index contributed by atoms with van der Waals surface area (Å²) in [7, 11) is 0. The highest BCUT2D eigenvalue weighted by Gasteiger charge is 2.53. The van der Waals surface area contributed by atoms with E-state index >= 15 is 0 Å². The zero-order valence-electron chi connectivity index (χ0n) is 6.92. The van der Waals surface area contributed by atoms with E-state index in [-0.39, 0.29) is 17.8 Å². The molecule has 2 nitrogen and oxygen atoms in total. The first kappa shape index (κ1) is 8.02. The van der Waals surface area contributed by atoms with Crippen LogP contribution < -0.4 is 0 Å². The van der Waals surface area contributed by atoms with Crippen LogP contribution in [0.5, 0.6) is 0 Å². The molecule has 2 heteroatoms. The topological polar surface area (TPSA) is 32.8 Å². The summed E-state index contributed by atoms with van der Waals surface area (Å²) in [5, 5.41) is 9.13. The molecule has 0 aliphatic carbocycles. The standard InChI is InChI=1S/C8H16O2/c1-4-5-8(3)7(10-8)6(2)9/h6-7,9H,4-5H2,1-3H3/t6-,7?,8?/m0/s1. The van der Waals surface area contributed by atoms with Crippen molar-refractivity contribution in [3.63, 3.8) is 0 Å². The highest BCUT2D eigenvalue weighted by Crippen LogP contribution is 2.41. The highest BCUT2D eigenvalue weighted by atomic mass is 16.6. The molecule has 1 N–H and O–H groups in total. The van der Waals surface area contributed by atoms with Crippen molar-refractivity contribution in [2.45, 2.75) is 51.4 Å². The molecule has 10 heavy (non-hydrogen) atoms. The lowest BCUT2D eigenvalue weighted by molar-refractivity contribution is 0.152. The number of hydrogen-bond acceptors (Lipinski definition) is 2. The number of aliphatic hydroxyl groups excluding tert-OH is 1. The van der Waals surface area contributed by atoms with Gasteiger partial charge in [-0.2, -0.15) is 0 Å². The first-order valence-electron chi connectivity index (χ1n) is 3.96. The third kappa shape index (κ3) is 1.32. The van der Waals surface area contributed by atoms with Crippen LogP contribution in [0, 0.1) is 0 Å². The van der Waals surface area contributed by atoms with Crippen molar-refractivity contribution >= 4 is 0 Å². The SMILES string of the molecule is CCCC1(C)OC1[C@H](C)O. The summed E-state index contributed by atoms with van der Waals surface area (Å²) in [6.45, 7) is 5.98. The van der Waals surface area contributed by atoms with E-state index < -0.39 is 0 Å². The lowest BCUT2D eigenvalue weighted by Gasteiger charge is -2.04. The molecule has 0 aromatic carbocycles. The van der Waals surface area contributed by atoms with Crippen LogP contribution in [0.4, 0.5) is 0 Å². The van der Waals surface area contributed by atoms with Crippen LogP contribution in [-0.4, -0.2) is 22.9 Å². The van der Waals surface area contributed by atoms with Crippen LogP contribution >= 0.6 is 0 Å². The molecule has 60 valence electrons. The maximum absolute atomic E-state index is 9.13. The molecule has 1 saturated heterocycles. The summed E-state index contributed by atoms with van der Waals surface area (Å²) < 4.78 is 5.36. The molecule has 0 bridgehead atoms. The Morgan fingerprint density at radius 3 is 2.60 bits per heavy atom. The maximum atomic E-state index is 9.13. The van der Waals surface area contributed by atoms with Crippen molar-refractivity contribution < 1.29 is 9.84 Å². The number of epoxide rings is 1. The van der Waals surface area contributed by atoms with Gasteiger partial charge in [-0.25, -0.2) is 0 Å². The van der Waals surface area contributed by atoms with E-state index in [0.717, 1.165) is 12.8 Å². The Morgan fingerprint density at radius 2 is 2.30 bits per heavy atom. The Morgan fingerprint density at radius 1 is 1.70 bits per heavy atom. The van der Waals surface area contributed by atoms with E-state index in [1.165, 1.54) is 0 Å². The number of rotatable bonds is 3. The van der Waals surface area contributed by atoms with Crippen LogP contribution in [0.25, 0.3) is 0 Å². The Bertz CT molecular complexity index is 122. The minimum Gasteiger partial charge on any atom is -0.391 e. The van der Waals surface area contributed by atoms with Gasteiger partial charge in [0.05, 0.1) is 11.7 Å². The molecule has 0 aromatic heterocycles. The Kier molecular flexibility index (Phi) is 2.02. The van der Waals surface area contributed by atoms with Crippen molar-refractivity contribution in [3.05, 3.63) is 0 Å². The first-order chi connectivity index (χ1) is 4.60. The summed E-state index contributed by atoms with van der Waals surface area (Å²) in [6, 6.07) is 0. The lowest BCUT2D eigenvalue weighted by atomic mass is 9.99. The summed E-state index contributed by atoms with van der Waals surface area (Å²) in [5.74, 6) is 0. The van der Waals surface area contributed by atoms with Crippen LogP contribution in [0.15, 0.2) is 0 Å². The van der Waals surface area contributed by atoms with Gasteiger partial charge in [0, 0.05) is 0 Å². The van der Waals surface area contributed by atoms with Crippen molar-refractivity contribution in [1.29, 1.82) is 0 Å². The fourth-order valence-electron chi connectivity index (χ4n) is 1.56. The monoisotopic (exact) mass is 144 g/mol. The van der Waals surface area contributed by atoms with Gasteiger partial charge >= 0.3 is 0 Å². The molecular formula is C8H16O2. The van der Waals surface area contributed by atoms with Crippen LogP contribution in [0.3, 0.4) is 0 Å². The average Bonchev–Trinajstić information content (AvgIpc) is 2.43. The van der Waals surface area contributed by atoms with Crippen LogP contribution in [0.2, 0.25) is 0 Å². The fourth-order valence-corrected chi connectivity index (χ4v) is 1.56. The molecule has 1 fully saturated rings. The van der Waals surface area contributed by atoms with Crippen molar-refractivity contribution in [2.75, 3.05) is 0 Å². The number of hydrogen-bond donors (Lipinski definition) is 1. The predicted octanol–water partition coefficient (Wildman–Crippen LogP) is 1.32. The van der Waals surface area contributed by atoms with Gasteiger partial charge in [-0.3, -0.25) is 0 Å². The molecule has 1 rings (SSSR count). The van der Waals surface area contributed by atoms with Gasteiger partial charge in [-0.15, -0.1) is 0 Å². The largest absolute Gasteiger partial charge is 0.391 e. The van der Waals surface area contributed by atoms with Gasteiger partial charge in [-0.1, -0.05) is 13.3 Å². The van der Waals surface area contributed by atoms with E-state index in [4.69, 9.17) is 9.84 Å². The molecule has 1 aliphatic heterocycles. The van der Waals surface area contributed by atoms with Crippen molar-refractivity contribution in [2.24, 2.45) is 0 Å². The third-order valence-corrected chi connectivity index (χ3v) is 2.13. The molecule has 3 atom stereocenters. The molecule has 1 heterocycles. The van der Waals surface area contributed by atoms with E-state index in [1.54, 1.807) is 6.92 Å². The van der Waals surface area contributed by atoms with Gasteiger partial charge < -0.3 is 9.84 Å². The summed E-state index contributed by atoms with van der Waals surface area (Å²) >= 11 is 0. The van der Waals surface area contributed by atoms with E-state index in [2.05, 4.69) is 13.8 Å². The second kappa shape index (κ2) is 2.51. The zero-order chi connectivity index (χ0) is 7.78. The van der Waals surface area contributed by atoms with Gasteiger partial charge in [0.2, 0.25) is 0 Å². The molecule has 2 unspecified atom stereocenters. The summed E-state index contributed by atoms with van der Waals surface area (Å²) in [5.41, 5.74) is -0.0110. The molecule has 0 radical (unpaired) electrons. The van der Waals surface area contributed by atoms with Crippen LogP contribution in [0.1, 0.15) is 33.6 Å². The summed E-state index contributed by atoms with van der Waals surface area (Å²) in [6.07, 6.45) is 1.96.